The van der Waals surface area contributed by atoms with Crippen molar-refractivity contribution in [1.82, 2.24) is 5.32 Å². The molecule has 1 aliphatic rings. The van der Waals surface area contributed by atoms with Gasteiger partial charge in [0.05, 0.1) is 6.04 Å². The first-order valence-corrected chi connectivity index (χ1v) is 6.40. The standard InChI is InChI=1S/C12H23N3O3/c1-15-9(10(13)16)6-2-4-8-5-3-7-12(8,14)11(17)18/h8-9,15H,2-7,14H2,1H3,(H2,13,16)(H,17,18). The van der Waals surface area contributed by atoms with Crippen molar-refractivity contribution in [2.24, 2.45) is 17.4 Å². The lowest BCUT2D eigenvalue weighted by Crippen LogP contribution is -2.51. The third kappa shape index (κ3) is 3.20. The molecule has 6 nitrogen and oxygen atoms in total. The van der Waals surface area contributed by atoms with E-state index in [0.717, 1.165) is 25.7 Å². The molecule has 1 fully saturated rings. The van der Waals surface area contributed by atoms with E-state index < -0.39 is 11.5 Å². The van der Waals surface area contributed by atoms with E-state index >= 15 is 0 Å². The van der Waals surface area contributed by atoms with Crippen LogP contribution in [-0.2, 0) is 9.59 Å². The van der Waals surface area contributed by atoms with Crippen molar-refractivity contribution in [3.05, 3.63) is 0 Å². The highest BCUT2D eigenvalue weighted by molar-refractivity contribution is 5.80. The van der Waals surface area contributed by atoms with Crippen LogP contribution >= 0.6 is 0 Å². The maximum absolute atomic E-state index is 11.2. The van der Waals surface area contributed by atoms with Gasteiger partial charge in [-0.25, -0.2) is 0 Å². The molecule has 0 aliphatic heterocycles. The average Bonchev–Trinajstić information content (AvgIpc) is 2.67. The predicted molar refractivity (Wildman–Crippen MR) is 67.8 cm³/mol. The van der Waals surface area contributed by atoms with Crippen LogP contribution in [0.3, 0.4) is 0 Å². The van der Waals surface area contributed by atoms with Crippen molar-refractivity contribution in [1.29, 1.82) is 0 Å². The lowest BCUT2D eigenvalue weighted by Gasteiger charge is -2.27. The lowest BCUT2D eigenvalue weighted by molar-refractivity contribution is -0.145. The number of nitrogens with one attached hydrogen (secondary N) is 1. The average molecular weight is 257 g/mol. The van der Waals surface area contributed by atoms with Gasteiger partial charge in [-0.05, 0) is 38.6 Å². The number of carbonyl (C=O) groups excluding carboxylic acids is 1. The Balaban J connectivity index is 2.44. The number of carboxylic acids is 1. The highest BCUT2D eigenvalue weighted by Crippen LogP contribution is 2.37. The molecule has 104 valence electrons. The van der Waals surface area contributed by atoms with E-state index in [0.29, 0.717) is 12.8 Å². The predicted octanol–water partition coefficient (Wildman–Crippen LogP) is -0.188. The Morgan fingerprint density at radius 3 is 2.72 bits per heavy atom. The Hall–Kier alpha value is -1.14. The molecular weight excluding hydrogens is 234 g/mol. The molecule has 0 aromatic heterocycles. The summed E-state index contributed by atoms with van der Waals surface area (Å²) in [5.41, 5.74) is 10.1. The molecule has 1 aliphatic carbocycles. The van der Waals surface area contributed by atoms with Crippen molar-refractivity contribution in [2.75, 3.05) is 7.05 Å². The van der Waals surface area contributed by atoms with E-state index in [2.05, 4.69) is 5.32 Å². The number of likely N-dealkylation sites (N-methyl/N-ethyl adjacent to an activating group) is 1. The van der Waals surface area contributed by atoms with Crippen molar-refractivity contribution in [2.45, 2.75) is 50.1 Å². The summed E-state index contributed by atoms with van der Waals surface area (Å²) in [5.74, 6) is -1.29. The van der Waals surface area contributed by atoms with Gasteiger partial charge in [0.1, 0.15) is 5.54 Å². The minimum Gasteiger partial charge on any atom is -0.480 e. The zero-order chi connectivity index (χ0) is 13.8. The highest BCUT2D eigenvalue weighted by atomic mass is 16.4. The van der Waals surface area contributed by atoms with Gasteiger partial charge in [0, 0.05) is 0 Å². The minimum absolute atomic E-state index is 0.000354. The number of rotatable bonds is 7. The summed E-state index contributed by atoms with van der Waals surface area (Å²) in [7, 11) is 1.69. The van der Waals surface area contributed by atoms with E-state index in [1.807, 2.05) is 0 Å². The summed E-state index contributed by atoms with van der Waals surface area (Å²) in [6.07, 6.45) is 4.36. The van der Waals surface area contributed by atoms with Crippen molar-refractivity contribution in [3.8, 4) is 0 Å². The number of hydrogen-bond acceptors (Lipinski definition) is 4. The molecule has 3 unspecified atom stereocenters. The molecule has 0 bridgehead atoms. The Morgan fingerprint density at radius 1 is 1.56 bits per heavy atom. The number of primary amides is 1. The Kier molecular flexibility index (Phi) is 5.10. The van der Waals surface area contributed by atoms with Crippen LogP contribution in [0.25, 0.3) is 0 Å². The SMILES string of the molecule is CNC(CCCC1CCCC1(N)C(=O)O)C(N)=O. The second-order valence-electron chi connectivity index (χ2n) is 5.11. The Bertz CT molecular complexity index is 322. The maximum atomic E-state index is 11.2. The second-order valence-corrected chi connectivity index (χ2v) is 5.11. The van der Waals surface area contributed by atoms with Gasteiger partial charge >= 0.3 is 5.97 Å². The van der Waals surface area contributed by atoms with Gasteiger partial charge in [-0.2, -0.15) is 0 Å². The van der Waals surface area contributed by atoms with Crippen molar-refractivity contribution < 1.29 is 14.7 Å². The van der Waals surface area contributed by atoms with Crippen LogP contribution < -0.4 is 16.8 Å². The normalized spacial score (nSPS) is 29.1. The quantitative estimate of drug-likeness (QED) is 0.504. The Labute approximate surface area is 107 Å². The fraction of sp³-hybridized carbons (Fsp3) is 0.833. The maximum Gasteiger partial charge on any atom is 0.323 e. The van der Waals surface area contributed by atoms with Crippen LogP contribution in [0.4, 0.5) is 0 Å². The molecule has 3 atom stereocenters. The first kappa shape index (κ1) is 14.9. The molecule has 0 saturated heterocycles. The van der Waals surface area contributed by atoms with Gasteiger partial charge in [-0.3, -0.25) is 9.59 Å². The molecule has 0 heterocycles. The van der Waals surface area contributed by atoms with Crippen LogP contribution in [0.1, 0.15) is 38.5 Å². The largest absolute Gasteiger partial charge is 0.480 e. The smallest absolute Gasteiger partial charge is 0.323 e. The molecule has 6 N–H and O–H groups in total. The van der Waals surface area contributed by atoms with Crippen LogP contribution in [0.15, 0.2) is 0 Å². The van der Waals surface area contributed by atoms with Gasteiger partial charge in [0.25, 0.3) is 0 Å². The molecule has 1 amide bonds. The topological polar surface area (TPSA) is 118 Å². The zero-order valence-corrected chi connectivity index (χ0v) is 10.8. The minimum atomic E-state index is -1.08. The first-order chi connectivity index (χ1) is 8.41. The third-order valence-corrected chi connectivity index (χ3v) is 4.01. The van der Waals surface area contributed by atoms with Crippen molar-refractivity contribution in [3.63, 3.8) is 0 Å². The van der Waals surface area contributed by atoms with Crippen LogP contribution in [0, 0.1) is 5.92 Å². The molecule has 0 aromatic rings. The van der Waals surface area contributed by atoms with Crippen LogP contribution in [0.2, 0.25) is 0 Å². The lowest BCUT2D eigenvalue weighted by atomic mass is 9.84. The van der Waals surface area contributed by atoms with Gasteiger partial charge < -0.3 is 21.9 Å². The summed E-state index contributed by atoms with van der Waals surface area (Å²) < 4.78 is 0. The van der Waals surface area contributed by atoms with Gasteiger partial charge in [-0.15, -0.1) is 0 Å². The first-order valence-electron chi connectivity index (χ1n) is 6.40. The van der Waals surface area contributed by atoms with Gasteiger partial charge in [0.2, 0.25) is 5.91 Å². The molecule has 1 rings (SSSR count). The highest BCUT2D eigenvalue weighted by Gasteiger charge is 2.45. The van der Waals surface area contributed by atoms with E-state index in [4.69, 9.17) is 11.5 Å². The molecule has 1 saturated carbocycles. The van der Waals surface area contributed by atoms with E-state index in [9.17, 15) is 14.7 Å². The molecule has 0 radical (unpaired) electrons. The van der Waals surface area contributed by atoms with Crippen LogP contribution in [-0.4, -0.2) is 35.6 Å². The van der Waals surface area contributed by atoms with E-state index in [1.165, 1.54) is 0 Å². The van der Waals surface area contributed by atoms with E-state index in [-0.39, 0.29) is 17.9 Å². The zero-order valence-electron chi connectivity index (χ0n) is 10.8. The summed E-state index contributed by atoms with van der Waals surface area (Å²) in [5, 5.41) is 12.0. The number of carboxylic acid groups (broad SMARTS) is 1. The number of nitrogens with two attached hydrogens (primary N) is 2. The summed E-state index contributed by atoms with van der Waals surface area (Å²) >= 11 is 0. The number of hydrogen-bond donors (Lipinski definition) is 4. The van der Waals surface area contributed by atoms with Crippen molar-refractivity contribution >= 4 is 11.9 Å². The monoisotopic (exact) mass is 257 g/mol. The molecule has 0 spiro atoms. The molecule has 18 heavy (non-hydrogen) atoms. The molecular formula is C12H23N3O3. The molecule has 0 aromatic carbocycles. The summed E-state index contributed by atoms with van der Waals surface area (Å²) in [6.45, 7) is 0. The van der Waals surface area contributed by atoms with Gasteiger partial charge in [0.15, 0.2) is 0 Å². The summed E-state index contributed by atoms with van der Waals surface area (Å²) in [6, 6.07) is -0.344. The third-order valence-electron chi connectivity index (χ3n) is 4.01. The van der Waals surface area contributed by atoms with Gasteiger partial charge in [-0.1, -0.05) is 12.8 Å². The number of aliphatic carboxylic acids is 1. The number of carbonyl (C=O) groups is 2. The fourth-order valence-electron chi connectivity index (χ4n) is 2.78. The summed E-state index contributed by atoms with van der Waals surface area (Å²) in [4.78, 5) is 22.2. The number of amides is 1. The fourth-order valence-corrected chi connectivity index (χ4v) is 2.78. The second kappa shape index (κ2) is 6.15. The van der Waals surface area contributed by atoms with E-state index in [1.54, 1.807) is 7.05 Å². The Morgan fingerprint density at radius 2 is 2.22 bits per heavy atom. The molecule has 6 heteroatoms. The van der Waals surface area contributed by atoms with Crippen LogP contribution in [0.5, 0.6) is 0 Å².